The molecule has 0 radical (unpaired) electrons. The highest BCUT2D eigenvalue weighted by Crippen LogP contribution is 2.31. The van der Waals surface area contributed by atoms with Gasteiger partial charge in [0.25, 0.3) is 0 Å². The van der Waals surface area contributed by atoms with E-state index in [2.05, 4.69) is 28.2 Å². The number of hydrogen-bond donors (Lipinski definition) is 1. The fourth-order valence-electron chi connectivity index (χ4n) is 2.37. The van der Waals surface area contributed by atoms with Gasteiger partial charge in [-0.05, 0) is 59.4 Å². The summed E-state index contributed by atoms with van der Waals surface area (Å²) >= 11 is 3.42. The monoisotopic (exact) mass is 374 g/mol. The Kier molecular flexibility index (Phi) is 5.82. The van der Waals surface area contributed by atoms with E-state index in [9.17, 15) is 8.42 Å². The van der Waals surface area contributed by atoms with Crippen molar-refractivity contribution in [1.82, 2.24) is 9.62 Å². The molecule has 0 heterocycles. The van der Waals surface area contributed by atoms with E-state index in [1.807, 2.05) is 12.1 Å². The zero-order chi connectivity index (χ0) is 15.5. The molecule has 2 rings (SSSR count). The molecule has 0 amide bonds. The van der Waals surface area contributed by atoms with E-state index < -0.39 is 10.0 Å². The maximum Gasteiger partial charge on any atom is 0.244 e. The zero-order valence-electron chi connectivity index (χ0n) is 12.6. The Morgan fingerprint density at radius 1 is 1.38 bits per heavy atom. The minimum absolute atomic E-state index is 0.160. The highest BCUT2D eigenvalue weighted by molar-refractivity contribution is 9.10. The van der Waals surface area contributed by atoms with Crippen LogP contribution >= 0.6 is 15.9 Å². The zero-order valence-corrected chi connectivity index (χ0v) is 15.0. The SMILES string of the molecule is CCCNCc1ccc(S(=O)(=O)N(C)C2CCC2)c(Br)c1. The lowest BCUT2D eigenvalue weighted by Crippen LogP contribution is -2.41. The first kappa shape index (κ1) is 16.9. The average Bonchev–Trinajstić information content (AvgIpc) is 2.36. The summed E-state index contributed by atoms with van der Waals surface area (Å²) in [5, 5.41) is 3.32. The van der Waals surface area contributed by atoms with Gasteiger partial charge >= 0.3 is 0 Å². The second-order valence-corrected chi connectivity index (χ2v) is 8.37. The maximum atomic E-state index is 12.6. The van der Waals surface area contributed by atoms with E-state index in [0.717, 1.165) is 44.3 Å². The van der Waals surface area contributed by atoms with Gasteiger partial charge in [0.05, 0.1) is 4.90 Å². The first-order chi connectivity index (χ1) is 9.96. The molecule has 0 aromatic heterocycles. The van der Waals surface area contributed by atoms with Crippen molar-refractivity contribution in [3.63, 3.8) is 0 Å². The molecule has 1 aromatic carbocycles. The fraction of sp³-hybridized carbons (Fsp3) is 0.600. The van der Waals surface area contributed by atoms with E-state index in [1.54, 1.807) is 13.1 Å². The van der Waals surface area contributed by atoms with Crippen molar-refractivity contribution in [3.8, 4) is 0 Å². The molecule has 1 aliphatic rings. The lowest BCUT2D eigenvalue weighted by atomic mass is 9.94. The Labute approximate surface area is 136 Å². The van der Waals surface area contributed by atoms with Gasteiger partial charge in [0.2, 0.25) is 10.0 Å². The van der Waals surface area contributed by atoms with Gasteiger partial charge in [-0.1, -0.05) is 19.4 Å². The molecule has 0 unspecified atom stereocenters. The summed E-state index contributed by atoms with van der Waals surface area (Å²) in [4.78, 5) is 0.358. The summed E-state index contributed by atoms with van der Waals surface area (Å²) in [6.07, 6.45) is 4.13. The molecule has 0 spiro atoms. The number of rotatable bonds is 7. The quantitative estimate of drug-likeness (QED) is 0.745. The summed E-state index contributed by atoms with van der Waals surface area (Å²) < 4.78 is 27.4. The van der Waals surface area contributed by atoms with Crippen molar-refractivity contribution in [2.45, 2.75) is 50.1 Å². The van der Waals surface area contributed by atoms with Crippen LogP contribution in [0.25, 0.3) is 0 Å². The summed E-state index contributed by atoms with van der Waals surface area (Å²) in [6.45, 7) is 3.84. The second kappa shape index (κ2) is 7.22. The largest absolute Gasteiger partial charge is 0.313 e. The normalized spacial score (nSPS) is 16.2. The van der Waals surface area contributed by atoms with Crippen LogP contribution < -0.4 is 5.32 Å². The molecule has 0 bridgehead atoms. The molecular weight excluding hydrogens is 352 g/mol. The summed E-state index contributed by atoms with van der Waals surface area (Å²) in [7, 11) is -1.72. The van der Waals surface area contributed by atoms with Crippen molar-refractivity contribution in [3.05, 3.63) is 28.2 Å². The third-order valence-electron chi connectivity index (χ3n) is 4.00. The lowest BCUT2D eigenvalue weighted by molar-refractivity contribution is 0.249. The minimum atomic E-state index is -3.41. The van der Waals surface area contributed by atoms with E-state index >= 15 is 0 Å². The topological polar surface area (TPSA) is 49.4 Å². The van der Waals surface area contributed by atoms with E-state index in [1.165, 1.54) is 4.31 Å². The van der Waals surface area contributed by atoms with Crippen LogP contribution in [0.4, 0.5) is 0 Å². The summed E-state index contributed by atoms with van der Waals surface area (Å²) in [5.41, 5.74) is 1.08. The van der Waals surface area contributed by atoms with Gasteiger partial charge in [0, 0.05) is 24.1 Å². The molecule has 1 saturated carbocycles. The van der Waals surface area contributed by atoms with Gasteiger partial charge in [-0.3, -0.25) is 0 Å². The Morgan fingerprint density at radius 3 is 2.62 bits per heavy atom. The summed E-state index contributed by atoms with van der Waals surface area (Å²) in [5.74, 6) is 0. The molecule has 1 aromatic rings. The van der Waals surface area contributed by atoms with Crippen LogP contribution in [0.1, 0.15) is 38.2 Å². The molecule has 118 valence electrons. The minimum Gasteiger partial charge on any atom is -0.313 e. The van der Waals surface area contributed by atoms with Crippen molar-refractivity contribution < 1.29 is 8.42 Å². The Morgan fingerprint density at radius 2 is 2.10 bits per heavy atom. The highest BCUT2D eigenvalue weighted by Gasteiger charge is 2.32. The van der Waals surface area contributed by atoms with E-state index in [4.69, 9.17) is 0 Å². The fourth-order valence-corrected chi connectivity index (χ4v) is 4.87. The predicted octanol–water partition coefficient (Wildman–Crippen LogP) is 3.12. The highest BCUT2D eigenvalue weighted by atomic mass is 79.9. The van der Waals surface area contributed by atoms with Crippen molar-refractivity contribution in [2.24, 2.45) is 0 Å². The molecule has 1 aliphatic carbocycles. The van der Waals surface area contributed by atoms with Crippen molar-refractivity contribution in [1.29, 1.82) is 0 Å². The molecule has 1 fully saturated rings. The predicted molar refractivity (Wildman–Crippen MR) is 88.7 cm³/mol. The smallest absolute Gasteiger partial charge is 0.244 e. The lowest BCUT2D eigenvalue weighted by Gasteiger charge is -2.34. The maximum absolute atomic E-state index is 12.6. The van der Waals surface area contributed by atoms with Crippen LogP contribution in [0.5, 0.6) is 0 Å². The van der Waals surface area contributed by atoms with Crippen LogP contribution in [-0.2, 0) is 16.6 Å². The second-order valence-electron chi connectivity index (χ2n) is 5.55. The molecule has 0 aliphatic heterocycles. The van der Waals surface area contributed by atoms with Gasteiger partial charge in [-0.25, -0.2) is 8.42 Å². The Balaban J connectivity index is 2.15. The first-order valence-corrected chi connectivity index (χ1v) is 9.67. The summed E-state index contributed by atoms with van der Waals surface area (Å²) in [6, 6.07) is 5.64. The molecular formula is C15H23BrN2O2S. The van der Waals surface area contributed by atoms with Crippen LogP contribution in [0.3, 0.4) is 0 Å². The van der Waals surface area contributed by atoms with Gasteiger partial charge in [-0.2, -0.15) is 4.31 Å². The molecule has 4 nitrogen and oxygen atoms in total. The first-order valence-electron chi connectivity index (χ1n) is 7.44. The van der Waals surface area contributed by atoms with Gasteiger partial charge in [-0.15, -0.1) is 0 Å². The van der Waals surface area contributed by atoms with Crippen LogP contribution in [0.15, 0.2) is 27.6 Å². The third-order valence-corrected chi connectivity index (χ3v) is 6.88. The number of benzene rings is 1. The third kappa shape index (κ3) is 3.86. The Hall–Kier alpha value is -0.430. The van der Waals surface area contributed by atoms with Gasteiger partial charge in [0.15, 0.2) is 0 Å². The number of halogens is 1. The van der Waals surface area contributed by atoms with Crippen LogP contribution in [-0.4, -0.2) is 32.4 Å². The van der Waals surface area contributed by atoms with E-state index in [-0.39, 0.29) is 6.04 Å². The molecule has 0 atom stereocenters. The average molecular weight is 375 g/mol. The van der Waals surface area contributed by atoms with E-state index in [0.29, 0.717) is 9.37 Å². The van der Waals surface area contributed by atoms with Crippen LogP contribution in [0, 0.1) is 0 Å². The number of nitrogens with zero attached hydrogens (tertiary/aromatic N) is 1. The standard InChI is InChI=1S/C15H23BrN2O2S/c1-3-9-17-11-12-7-8-15(14(16)10-12)21(19,20)18(2)13-5-4-6-13/h7-8,10,13,17H,3-6,9,11H2,1-2H3. The number of nitrogens with one attached hydrogen (secondary N) is 1. The van der Waals surface area contributed by atoms with Gasteiger partial charge in [0.1, 0.15) is 0 Å². The number of hydrogen-bond acceptors (Lipinski definition) is 3. The molecule has 0 saturated heterocycles. The van der Waals surface area contributed by atoms with Gasteiger partial charge < -0.3 is 5.32 Å². The molecule has 6 heteroatoms. The van der Waals surface area contributed by atoms with Crippen molar-refractivity contribution >= 4 is 26.0 Å². The van der Waals surface area contributed by atoms with Crippen LogP contribution in [0.2, 0.25) is 0 Å². The van der Waals surface area contributed by atoms with Crippen molar-refractivity contribution in [2.75, 3.05) is 13.6 Å². The molecule has 1 N–H and O–H groups in total. The number of sulfonamides is 1. The molecule has 21 heavy (non-hydrogen) atoms. The Bertz CT molecular complexity index is 585.